The van der Waals surface area contributed by atoms with Crippen LogP contribution in [0.4, 0.5) is 10.5 Å². The van der Waals surface area contributed by atoms with Crippen molar-refractivity contribution < 1.29 is 19.4 Å². The summed E-state index contributed by atoms with van der Waals surface area (Å²) in [7, 11) is 0. The number of hydrogen-bond donors (Lipinski definition) is 2. The van der Waals surface area contributed by atoms with E-state index in [4.69, 9.17) is 14.6 Å². The fourth-order valence-corrected chi connectivity index (χ4v) is 3.98. The summed E-state index contributed by atoms with van der Waals surface area (Å²) in [4.78, 5) is 10.9. The molecule has 0 radical (unpaired) electrons. The predicted octanol–water partition coefficient (Wildman–Crippen LogP) is 6.79. The first-order valence-corrected chi connectivity index (χ1v) is 10.8. The van der Waals surface area contributed by atoms with Crippen LogP contribution in [0, 0.1) is 0 Å². The number of ether oxygens (including phenoxy) is 2. The third-order valence-corrected chi connectivity index (χ3v) is 5.51. The molecule has 5 nitrogen and oxygen atoms in total. The van der Waals surface area contributed by atoms with Gasteiger partial charge in [0.25, 0.3) is 0 Å². The highest BCUT2D eigenvalue weighted by Crippen LogP contribution is 2.48. The van der Waals surface area contributed by atoms with Crippen LogP contribution in [0.2, 0.25) is 0 Å². The Balaban J connectivity index is 0.000000334. The average Bonchev–Trinajstić information content (AvgIpc) is 3.22. The first-order valence-electron chi connectivity index (χ1n) is 10.8. The summed E-state index contributed by atoms with van der Waals surface area (Å²) >= 11 is 0. The maximum atomic E-state index is 10.9. The van der Waals surface area contributed by atoms with Crippen molar-refractivity contribution in [3.63, 3.8) is 0 Å². The van der Waals surface area contributed by atoms with Gasteiger partial charge >= 0.3 is 11.9 Å². The quantitative estimate of drug-likeness (QED) is 0.492. The van der Waals surface area contributed by atoms with Gasteiger partial charge in [-0.15, -0.1) is 0 Å². The van der Waals surface area contributed by atoms with E-state index < -0.39 is 11.9 Å². The van der Waals surface area contributed by atoms with E-state index in [1.54, 1.807) is 18.2 Å². The van der Waals surface area contributed by atoms with Crippen molar-refractivity contribution in [3.8, 4) is 11.5 Å². The summed E-state index contributed by atoms with van der Waals surface area (Å²) in [5, 5.41) is 11.2. The minimum absolute atomic E-state index is 0.423. The Kier molecular flexibility index (Phi) is 6.41. The lowest BCUT2D eigenvalue weighted by molar-refractivity contribution is -0.0458. The Bertz CT molecular complexity index is 949. The SMILES string of the molecule is C1CCCCC1.O=C(O)Nc1ccc2c(c1)OC(c1ccccc1)(c1ccccc1)O2. The van der Waals surface area contributed by atoms with Gasteiger partial charge < -0.3 is 14.6 Å². The van der Waals surface area contributed by atoms with Crippen LogP contribution in [0.25, 0.3) is 0 Å². The van der Waals surface area contributed by atoms with Crippen LogP contribution >= 0.6 is 0 Å². The van der Waals surface area contributed by atoms with Gasteiger partial charge in [-0.3, -0.25) is 5.32 Å². The molecule has 0 atom stereocenters. The summed E-state index contributed by atoms with van der Waals surface area (Å²) in [6, 6.07) is 24.3. The van der Waals surface area contributed by atoms with Crippen LogP contribution in [0.3, 0.4) is 0 Å². The fraction of sp³-hybridized carbons (Fsp3) is 0.269. The van der Waals surface area contributed by atoms with E-state index in [9.17, 15) is 4.79 Å². The topological polar surface area (TPSA) is 67.8 Å². The third-order valence-electron chi connectivity index (χ3n) is 5.51. The van der Waals surface area contributed by atoms with Gasteiger partial charge in [-0.05, 0) is 12.1 Å². The highest BCUT2D eigenvalue weighted by Gasteiger charge is 2.45. The van der Waals surface area contributed by atoms with E-state index in [1.807, 2.05) is 60.7 Å². The lowest BCUT2D eigenvalue weighted by atomic mass is 9.97. The van der Waals surface area contributed by atoms with Gasteiger partial charge in [0.05, 0.1) is 0 Å². The minimum atomic E-state index is -1.13. The molecule has 0 unspecified atom stereocenters. The second kappa shape index (κ2) is 9.56. The van der Waals surface area contributed by atoms with Crippen molar-refractivity contribution in [2.24, 2.45) is 0 Å². The van der Waals surface area contributed by atoms with E-state index in [-0.39, 0.29) is 0 Å². The number of amides is 1. The van der Waals surface area contributed by atoms with Crippen LogP contribution in [0.15, 0.2) is 78.9 Å². The third kappa shape index (κ3) is 4.82. The highest BCUT2D eigenvalue weighted by atomic mass is 16.7. The Hall–Kier alpha value is -3.47. The normalized spacial score (nSPS) is 16.0. The second-order valence-corrected chi connectivity index (χ2v) is 7.77. The second-order valence-electron chi connectivity index (χ2n) is 7.77. The van der Waals surface area contributed by atoms with E-state index >= 15 is 0 Å². The van der Waals surface area contributed by atoms with Crippen molar-refractivity contribution in [3.05, 3.63) is 90.0 Å². The van der Waals surface area contributed by atoms with Crippen LogP contribution in [-0.4, -0.2) is 11.2 Å². The molecule has 1 heterocycles. The molecule has 1 fully saturated rings. The number of nitrogens with one attached hydrogen (secondary N) is 1. The molecular formula is C26H27NO4. The molecule has 1 aliphatic carbocycles. The van der Waals surface area contributed by atoms with Crippen LogP contribution in [0.1, 0.15) is 49.7 Å². The van der Waals surface area contributed by atoms with Gasteiger partial charge in [0, 0.05) is 22.9 Å². The molecule has 0 spiro atoms. The molecule has 1 aliphatic heterocycles. The van der Waals surface area contributed by atoms with Gasteiger partial charge in [-0.2, -0.15) is 0 Å². The van der Waals surface area contributed by atoms with Crippen molar-refractivity contribution in [2.45, 2.75) is 44.3 Å². The van der Waals surface area contributed by atoms with Crippen molar-refractivity contribution in [2.75, 3.05) is 5.32 Å². The van der Waals surface area contributed by atoms with Crippen LogP contribution < -0.4 is 14.8 Å². The number of carbonyl (C=O) groups is 1. The lowest BCUT2D eigenvalue weighted by Gasteiger charge is -2.28. The average molecular weight is 418 g/mol. The minimum Gasteiger partial charge on any atom is -0.465 e. The molecule has 2 N–H and O–H groups in total. The van der Waals surface area contributed by atoms with E-state index in [1.165, 1.54) is 38.5 Å². The molecular weight excluding hydrogens is 390 g/mol. The zero-order valence-electron chi connectivity index (χ0n) is 17.4. The molecule has 160 valence electrons. The van der Waals surface area contributed by atoms with Gasteiger partial charge in [0.1, 0.15) is 0 Å². The van der Waals surface area contributed by atoms with E-state index in [0.29, 0.717) is 17.2 Å². The standard InChI is InChI=1S/C20H15NO4.C6H12/c22-19(23)21-16-11-12-17-18(13-16)25-20(24-17,14-7-3-1-4-8-14)15-9-5-2-6-10-15;1-2-4-6-5-3-1/h1-13,21H,(H,22,23);1-6H2. The number of hydrogen-bond acceptors (Lipinski definition) is 3. The van der Waals surface area contributed by atoms with Crippen LogP contribution in [0.5, 0.6) is 11.5 Å². The Morgan fingerprint density at radius 1 is 0.710 bits per heavy atom. The largest absolute Gasteiger partial charge is 0.465 e. The summed E-state index contributed by atoms with van der Waals surface area (Å²) < 4.78 is 12.5. The molecule has 3 aromatic rings. The van der Waals surface area contributed by atoms with Crippen LogP contribution in [-0.2, 0) is 5.79 Å². The first kappa shape index (κ1) is 20.8. The molecule has 0 bridgehead atoms. The van der Waals surface area contributed by atoms with Gasteiger partial charge in [-0.1, -0.05) is 99.2 Å². The maximum Gasteiger partial charge on any atom is 0.409 e. The molecule has 1 saturated carbocycles. The van der Waals surface area contributed by atoms with Crippen molar-refractivity contribution in [1.29, 1.82) is 0 Å². The Labute approximate surface area is 182 Å². The van der Waals surface area contributed by atoms with Crippen molar-refractivity contribution in [1.82, 2.24) is 0 Å². The predicted molar refractivity (Wildman–Crippen MR) is 121 cm³/mol. The molecule has 5 rings (SSSR count). The summed E-state index contributed by atoms with van der Waals surface area (Å²) in [6.07, 6.45) is 7.87. The number of carboxylic acid groups (broad SMARTS) is 1. The molecule has 0 aromatic heterocycles. The Morgan fingerprint density at radius 2 is 1.19 bits per heavy atom. The van der Waals surface area contributed by atoms with E-state index in [2.05, 4.69) is 5.32 Å². The molecule has 5 heteroatoms. The van der Waals surface area contributed by atoms with Gasteiger partial charge in [0.2, 0.25) is 0 Å². The molecule has 0 saturated heterocycles. The molecule has 31 heavy (non-hydrogen) atoms. The van der Waals surface area contributed by atoms with Crippen molar-refractivity contribution >= 4 is 11.8 Å². The molecule has 2 aliphatic rings. The zero-order valence-corrected chi connectivity index (χ0v) is 17.4. The Morgan fingerprint density at radius 3 is 1.68 bits per heavy atom. The molecule has 1 amide bonds. The molecule has 3 aromatic carbocycles. The zero-order chi connectivity index (χ0) is 21.5. The number of anilines is 1. The fourth-order valence-electron chi connectivity index (χ4n) is 3.98. The first-order chi connectivity index (χ1) is 15.2. The van der Waals surface area contributed by atoms with Gasteiger partial charge in [-0.25, -0.2) is 4.79 Å². The lowest BCUT2D eigenvalue weighted by Crippen LogP contribution is -2.36. The number of benzene rings is 3. The summed E-state index contributed by atoms with van der Waals surface area (Å²) in [6.45, 7) is 0. The highest BCUT2D eigenvalue weighted by molar-refractivity contribution is 5.83. The summed E-state index contributed by atoms with van der Waals surface area (Å²) in [5.41, 5.74) is 2.13. The number of rotatable bonds is 3. The maximum absolute atomic E-state index is 10.9. The van der Waals surface area contributed by atoms with Gasteiger partial charge in [0.15, 0.2) is 11.5 Å². The monoisotopic (exact) mass is 417 g/mol. The number of fused-ring (bicyclic) bond motifs is 1. The van der Waals surface area contributed by atoms with E-state index in [0.717, 1.165) is 11.1 Å². The smallest absolute Gasteiger partial charge is 0.409 e. The summed E-state index contributed by atoms with van der Waals surface area (Å²) in [5.74, 6) is -0.0604.